The molecule has 0 bridgehead atoms. The number of halogens is 1. The second kappa shape index (κ2) is 10.1. The third kappa shape index (κ3) is 5.81. The van der Waals surface area contributed by atoms with Crippen molar-refractivity contribution in [3.8, 4) is 0 Å². The number of hydrogen-bond donors (Lipinski definition) is 1. The summed E-state index contributed by atoms with van der Waals surface area (Å²) in [6.07, 6.45) is 0. The van der Waals surface area contributed by atoms with E-state index in [0.717, 1.165) is 15.4 Å². The number of hydrogen-bond acceptors (Lipinski definition) is 4. The quantitative estimate of drug-likeness (QED) is 0.667. The molecule has 1 atom stereocenters. The lowest BCUT2D eigenvalue weighted by atomic mass is 10.1. The van der Waals surface area contributed by atoms with Crippen molar-refractivity contribution in [3.63, 3.8) is 0 Å². The lowest BCUT2D eigenvalue weighted by molar-refractivity contribution is -0.140. The summed E-state index contributed by atoms with van der Waals surface area (Å²) in [6.45, 7) is 3.20. The van der Waals surface area contributed by atoms with Crippen LogP contribution < -0.4 is 5.32 Å². The largest absolute Gasteiger partial charge is 0.357 e. The molecule has 162 valence electrons. The van der Waals surface area contributed by atoms with Gasteiger partial charge in [0.1, 0.15) is 6.04 Å². The van der Waals surface area contributed by atoms with Gasteiger partial charge in [-0.05, 0) is 43.7 Å². The summed E-state index contributed by atoms with van der Waals surface area (Å²) in [6, 6.07) is 12.5. The Bertz CT molecular complexity index is 992. The van der Waals surface area contributed by atoms with Gasteiger partial charge in [0.05, 0.1) is 11.4 Å². The predicted octanol–water partition coefficient (Wildman–Crippen LogP) is 2.43. The van der Waals surface area contributed by atoms with Crippen molar-refractivity contribution in [1.82, 2.24) is 14.5 Å². The highest BCUT2D eigenvalue weighted by atomic mass is 35.5. The second-order valence-corrected chi connectivity index (χ2v) is 9.49. The lowest BCUT2D eigenvalue weighted by Crippen LogP contribution is -2.50. The molecule has 0 fully saturated rings. The van der Waals surface area contributed by atoms with Crippen molar-refractivity contribution < 1.29 is 18.0 Å². The van der Waals surface area contributed by atoms with Gasteiger partial charge in [0.15, 0.2) is 0 Å². The van der Waals surface area contributed by atoms with E-state index in [9.17, 15) is 18.0 Å². The van der Waals surface area contributed by atoms with Gasteiger partial charge in [-0.2, -0.15) is 4.31 Å². The van der Waals surface area contributed by atoms with E-state index >= 15 is 0 Å². The van der Waals surface area contributed by atoms with Crippen molar-refractivity contribution in [2.24, 2.45) is 0 Å². The maximum absolute atomic E-state index is 13.0. The number of carbonyl (C=O) groups excluding carboxylic acids is 2. The summed E-state index contributed by atoms with van der Waals surface area (Å²) in [5, 5.41) is 3.08. The zero-order chi connectivity index (χ0) is 22.5. The second-order valence-electron chi connectivity index (χ2n) is 7.01. The summed E-state index contributed by atoms with van der Waals surface area (Å²) in [7, 11) is -1.02. The Hall–Kier alpha value is -2.42. The number of nitrogens with zero attached hydrogens (tertiary/aromatic N) is 2. The highest BCUT2D eigenvalue weighted by Gasteiger charge is 2.29. The molecule has 0 aromatic heterocycles. The Morgan fingerprint density at radius 1 is 1.07 bits per heavy atom. The van der Waals surface area contributed by atoms with Gasteiger partial charge in [0.25, 0.3) is 0 Å². The fourth-order valence-electron chi connectivity index (χ4n) is 2.83. The van der Waals surface area contributed by atoms with Crippen molar-refractivity contribution in [1.29, 1.82) is 0 Å². The van der Waals surface area contributed by atoms with Gasteiger partial charge in [-0.3, -0.25) is 9.59 Å². The van der Waals surface area contributed by atoms with Gasteiger partial charge in [-0.25, -0.2) is 8.42 Å². The van der Waals surface area contributed by atoms with E-state index in [-0.39, 0.29) is 17.3 Å². The molecule has 0 aliphatic rings. The summed E-state index contributed by atoms with van der Waals surface area (Å²) >= 11 is 5.92. The number of carbonyl (C=O) groups is 2. The fourth-order valence-corrected chi connectivity index (χ4v) is 4.08. The maximum Gasteiger partial charge on any atom is 0.243 e. The van der Waals surface area contributed by atoms with Crippen LogP contribution in [0.3, 0.4) is 0 Å². The molecule has 0 radical (unpaired) electrons. The molecule has 0 aliphatic carbocycles. The van der Waals surface area contributed by atoms with Crippen molar-refractivity contribution in [2.45, 2.75) is 31.3 Å². The number of likely N-dealkylation sites (N-methyl/N-ethyl adjacent to an activating group) is 2. The molecule has 0 unspecified atom stereocenters. The van der Waals surface area contributed by atoms with Gasteiger partial charge >= 0.3 is 0 Å². The van der Waals surface area contributed by atoms with Gasteiger partial charge in [0, 0.05) is 25.7 Å². The Kier molecular flexibility index (Phi) is 8.00. The van der Waals surface area contributed by atoms with Crippen LogP contribution in [0.25, 0.3) is 0 Å². The molecule has 2 aromatic carbocycles. The first-order valence-electron chi connectivity index (χ1n) is 9.34. The molecule has 2 aromatic rings. The monoisotopic (exact) mass is 451 g/mol. The molecule has 0 heterocycles. The van der Waals surface area contributed by atoms with Crippen LogP contribution in [0.4, 0.5) is 0 Å². The SMILES string of the molecule is CNC(=O)[C@H](C)N(Cc1ccc(Cl)cc1)C(=O)CN(C)S(=O)(=O)c1ccc(C)cc1. The van der Waals surface area contributed by atoms with E-state index in [4.69, 9.17) is 11.6 Å². The van der Waals surface area contributed by atoms with Crippen molar-refractivity contribution in [2.75, 3.05) is 20.6 Å². The van der Waals surface area contributed by atoms with Crippen LogP contribution in [0.5, 0.6) is 0 Å². The third-order valence-electron chi connectivity index (χ3n) is 4.77. The minimum atomic E-state index is -3.85. The smallest absolute Gasteiger partial charge is 0.243 e. The molecular weight excluding hydrogens is 426 g/mol. The molecule has 1 N–H and O–H groups in total. The van der Waals surface area contributed by atoms with Crippen LogP contribution in [-0.2, 0) is 26.2 Å². The van der Waals surface area contributed by atoms with E-state index in [1.54, 1.807) is 43.3 Å². The summed E-state index contributed by atoms with van der Waals surface area (Å²) < 4.78 is 26.6. The van der Waals surface area contributed by atoms with Gasteiger partial charge in [-0.1, -0.05) is 41.4 Å². The summed E-state index contributed by atoms with van der Waals surface area (Å²) in [5.74, 6) is -0.833. The standard InChI is InChI=1S/C21H26ClN3O4S/c1-15-5-11-19(12-6-15)30(28,29)24(4)14-20(26)25(16(2)21(27)23-3)13-17-7-9-18(22)10-8-17/h5-12,16H,13-14H2,1-4H3,(H,23,27)/t16-/m0/s1. The minimum absolute atomic E-state index is 0.104. The zero-order valence-electron chi connectivity index (χ0n) is 17.4. The van der Waals surface area contributed by atoms with E-state index < -0.39 is 28.5 Å². The lowest BCUT2D eigenvalue weighted by Gasteiger charge is -2.30. The highest BCUT2D eigenvalue weighted by molar-refractivity contribution is 7.89. The molecule has 2 rings (SSSR count). The molecule has 2 amide bonds. The highest BCUT2D eigenvalue weighted by Crippen LogP contribution is 2.17. The van der Waals surface area contributed by atoms with Crippen LogP contribution in [0.2, 0.25) is 5.02 Å². The average Bonchev–Trinajstić information content (AvgIpc) is 2.72. The number of rotatable bonds is 8. The normalized spacial score (nSPS) is 12.5. The number of amides is 2. The Morgan fingerprint density at radius 2 is 1.63 bits per heavy atom. The van der Waals surface area contributed by atoms with E-state index in [0.29, 0.717) is 5.02 Å². The summed E-state index contributed by atoms with van der Waals surface area (Å²) in [5.41, 5.74) is 1.70. The molecular formula is C21H26ClN3O4S. The van der Waals surface area contributed by atoms with Gasteiger partial charge < -0.3 is 10.2 Å². The van der Waals surface area contributed by atoms with Crippen LogP contribution >= 0.6 is 11.6 Å². The predicted molar refractivity (Wildman–Crippen MR) is 117 cm³/mol. The minimum Gasteiger partial charge on any atom is -0.357 e. The Balaban J connectivity index is 2.24. The van der Waals surface area contributed by atoms with E-state index in [1.165, 1.54) is 31.1 Å². The van der Waals surface area contributed by atoms with Crippen LogP contribution in [0, 0.1) is 6.92 Å². The molecule has 0 saturated carbocycles. The number of benzene rings is 2. The Morgan fingerprint density at radius 3 is 2.17 bits per heavy atom. The first-order valence-corrected chi connectivity index (χ1v) is 11.2. The van der Waals surface area contributed by atoms with Crippen LogP contribution in [0.1, 0.15) is 18.1 Å². The summed E-state index contributed by atoms with van der Waals surface area (Å²) in [4.78, 5) is 26.7. The van der Waals surface area contributed by atoms with Crippen LogP contribution in [0.15, 0.2) is 53.4 Å². The molecule has 0 aliphatic heterocycles. The van der Waals surface area contributed by atoms with Crippen molar-refractivity contribution >= 4 is 33.4 Å². The first kappa shape index (κ1) is 23.9. The van der Waals surface area contributed by atoms with Gasteiger partial charge in [-0.15, -0.1) is 0 Å². The fraction of sp³-hybridized carbons (Fsp3) is 0.333. The Labute approximate surface area is 182 Å². The first-order chi connectivity index (χ1) is 14.1. The third-order valence-corrected chi connectivity index (χ3v) is 6.84. The molecule has 9 heteroatoms. The van der Waals surface area contributed by atoms with E-state index in [1.807, 2.05) is 6.92 Å². The molecule has 0 spiro atoms. The number of sulfonamides is 1. The maximum atomic E-state index is 13.0. The van der Waals surface area contributed by atoms with Gasteiger partial charge in [0.2, 0.25) is 21.8 Å². The topological polar surface area (TPSA) is 86.8 Å². The van der Waals surface area contributed by atoms with E-state index in [2.05, 4.69) is 5.32 Å². The zero-order valence-corrected chi connectivity index (χ0v) is 19.0. The molecule has 30 heavy (non-hydrogen) atoms. The molecule has 7 nitrogen and oxygen atoms in total. The number of nitrogens with one attached hydrogen (secondary N) is 1. The van der Waals surface area contributed by atoms with Crippen LogP contribution in [-0.4, -0.2) is 56.1 Å². The average molecular weight is 452 g/mol. The van der Waals surface area contributed by atoms with Crippen molar-refractivity contribution in [3.05, 3.63) is 64.7 Å². The molecule has 0 saturated heterocycles. The number of aryl methyl sites for hydroxylation is 1.